The summed E-state index contributed by atoms with van der Waals surface area (Å²) in [5, 5.41) is 11.6. The van der Waals surface area contributed by atoms with Gasteiger partial charge in [0.2, 0.25) is 0 Å². The van der Waals surface area contributed by atoms with Crippen molar-refractivity contribution in [1.29, 1.82) is 0 Å². The van der Waals surface area contributed by atoms with Crippen LogP contribution in [0, 0.1) is 0 Å². The third-order valence-electron chi connectivity index (χ3n) is 15.0. The largest absolute Gasteiger partial charge is 0.453 e. The van der Waals surface area contributed by atoms with Gasteiger partial charge in [-0.05, 0) is 77.9 Å². The molecule has 16 aromatic rings. The summed E-state index contributed by atoms with van der Waals surface area (Å²) in [7, 11) is 0. The lowest BCUT2D eigenvalue weighted by Crippen LogP contribution is -1.95. The van der Waals surface area contributed by atoms with E-state index in [-0.39, 0.29) is 0 Å². The van der Waals surface area contributed by atoms with Crippen molar-refractivity contribution < 1.29 is 8.83 Å². The summed E-state index contributed by atoms with van der Waals surface area (Å²) in [5.41, 5.74) is 17.5. The van der Waals surface area contributed by atoms with E-state index in [1.54, 1.807) is 0 Å². The molecule has 0 unspecified atom stereocenters. The van der Waals surface area contributed by atoms with Gasteiger partial charge in [-0.15, -0.1) is 0 Å². The van der Waals surface area contributed by atoms with Gasteiger partial charge >= 0.3 is 0 Å². The van der Waals surface area contributed by atoms with Gasteiger partial charge in [0.25, 0.3) is 0 Å². The van der Waals surface area contributed by atoms with E-state index < -0.39 is 0 Å². The van der Waals surface area contributed by atoms with Crippen molar-refractivity contribution in [2.75, 3.05) is 0 Å². The molecule has 11 aromatic carbocycles. The smallest absolute Gasteiger partial charge is 0.159 e. The molecular formula is C66H39N3O2. The summed E-state index contributed by atoms with van der Waals surface area (Å²) in [6.45, 7) is 0. The second-order valence-corrected chi connectivity index (χ2v) is 18.8. The first kappa shape index (κ1) is 38.4. The van der Waals surface area contributed by atoms with Crippen molar-refractivity contribution in [2.24, 2.45) is 0 Å². The number of nitrogens with zero attached hydrogens (tertiary/aromatic N) is 3. The molecule has 71 heavy (non-hydrogen) atoms. The van der Waals surface area contributed by atoms with E-state index >= 15 is 0 Å². The number of aromatic nitrogens is 3. The van der Waals surface area contributed by atoms with Crippen molar-refractivity contribution in [3.63, 3.8) is 0 Å². The number of hydrogen-bond donors (Lipinski definition) is 0. The molecule has 0 aliphatic heterocycles. The minimum atomic E-state index is 0.840. The Morgan fingerprint density at radius 1 is 0.225 bits per heavy atom. The van der Waals surface area contributed by atoms with E-state index in [9.17, 15) is 0 Å². The lowest BCUT2D eigenvalue weighted by molar-refractivity contribution is 0.667. The second kappa shape index (κ2) is 14.5. The predicted octanol–water partition coefficient (Wildman–Crippen LogP) is 18.1. The Hall–Kier alpha value is -9.58. The fraction of sp³-hybridized carbons (Fsp3) is 0. The molecule has 330 valence electrons. The van der Waals surface area contributed by atoms with Crippen LogP contribution in [0.1, 0.15) is 0 Å². The van der Waals surface area contributed by atoms with Crippen molar-refractivity contribution in [3.05, 3.63) is 237 Å². The lowest BCUT2D eigenvalue weighted by Gasteiger charge is -2.12. The molecule has 0 saturated heterocycles. The molecule has 5 heterocycles. The molecule has 0 radical (unpaired) electrons. The maximum Gasteiger partial charge on any atom is 0.159 e. The topological polar surface area (TPSA) is 41.1 Å². The van der Waals surface area contributed by atoms with E-state index in [0.29, 0.717) is 0 Å². The number of fused-ring (bicyclic) bond motifs is 15. The molecule has 0 fully saturated rings. The van der Waals surface area contributed by atoms with E-state index in [1.165, 1.54) is 32.3 Å². The first-order valence-corrected chi connectivity index (χ1v) is 24.3. The highest BCUT2D eigenvalue weighted by Crippen LogP contribution is 2.46. The Balaban J connectivity index is 0.943. The maximum absolute atomic E-state index is 7.35. The fourth-order valence-corrected chi connectivity index (χ4v) is 12.0. The average Bonchev–Trinajstić information content (AvgIpc) is 4.25. The molecule has 0 saturated carbocycles. The van der Waals surface area contributed by atoms with Crippen LogP contribution < -0.4 is 0 Å². The van der Waals surface area contributed by atoms with Crippen LogP contribution in [0.15, 0.2) is 245 Å². The number of para-hydroxylation sites is 9. The van der Waals surface area contributed by atoms with E-state index in [0.717, 1.165) is 116 Å². The molecule has 5 aromatic heterocycles. The van der Waals surface area contributed by atoms with Crippen LogP contribution in [0.2, 0.25) is 0 Å². The van der Waals surface area contributed by atoms with Gasteiger partial charge in [0, 0.05) is 70.7 Å². The average molecular weight is 906 g/mol. The third kappa shape index (κ3) is 5.34. The Bertz CT molecular complexity index is 4740. The van der Waals surface area contributed by atoms with Gasteiger partial charge in [-0.1, -0.05) is 170 Å². The van der Waals surface area contributed by atoms with E-state index in [4.69, 9.17) is 8.83 Å². The van der Waals surface area contributed by atoms with E-state index in [2.05, 4.69) is 250 Å². The van der Waals surface area contributed by atoms with Gasteiger partial charge in [0.1, 0.15) is 11.2 Å². The molecular weight excluding hydrogens is 867 g/mol. The molecule has 0 atom stereocenters. The molecule has 16 rings (SSSR count). The van der Waals surface area contributed by atoms with Crippen LogP contribution in [0.5, 0.6) is 0 Å². The summed E-state index contributed by atoms with van der Waals surface area (Å²) >= 11 is 0. The normalized spacial score (nSPS) is 12.2. The highest BCUT2D eigenvalue weighted by molar-refractivity contribution is 6.18. The first-order chi connectivity index (χ1) is 35.2. The summed E-state index contributed by atoms with van der Waals surface area (Å²) in [6.07, 6.45) is 0. The minimum absolute atomic E-state index is 0.840. The van der Waals surface area contributed by atoms with Gasteiger partial charge < -0.3 is 22.5 Å². The molecule has 5 nitrogen and oxygen atoms in total. The van der Waals surface area contributed by atoms with Gasteiger partial charge in [-0.25, -0.2) is 0 Å². The number of benzene rings is 11. The van der Waals surface area contributed by atoms with E-state index in [1.807, 2.05) is 0 Å². The quantitative estimate of drug-likeness (QED) is 0.173. The van der Waals surface area contributed by atoms with Crippen LogP contribution in [0.25, 0.3) is 149 Å². The second-order valence-electron chi connectivity index (χ2n) is 18.8. The zero-order valence-electron chi connectivity index (χ0n) is 38.2. The Labute approximate surface area is 405 Å². The predicted molar refractivity (Wildman–Crippen MR) is 295 cm³/mol. The highest BCUT2D eigenvalue weighted by atomic mass is 16.3. The summed E-state index contributed by atoms with van der Waals surface area (Å²) in [5.74, 6) is 0. The number of rotatable bonds is 5. The van der Waals surface area contributed by atoms with Crippen LogP contribution in [0.3, 0.4) is 0 Å². The van der Waals surface area contributed by atoms with Crippen molar-refractivity contribution >= 4 is 109 Å². The Morgan fingerprint density at radius 2 is 0.563 bits per heavy atom. The number of furan rings is 2. The third-order valence-corrected chi connectivity index (χ3v) is 15.0. The molecule has 0 amide bonds. The summed E-state index contributed by atoms with van der Waals surface area (Å²) < 4.78 is 21.6. The minimum Gasteiger partial charge on any atom is -0.453 e. The first-order valence-electron chi connectivity index (χ1n) is 24.3. The van der Waals surface area contributed by atoms with Gasteiger partial charge in [0.15, 0.2) is 11.2 Å². The molecule has 0 N–H and O–H groups in total. The van der Waals surface area contributed by atoms with Crippen molar-refractivity contribution in [3.8, 4) is 39.3 Å². The van der Waals surface area contributed by atoms with Crippen molar-refractivity contribution in [1.82, 2.24) is 13.7 Å². The van der Waals surface area contributed by atoms with Gasteiger partial charge in [-0.2, -0.15) is 0 Å². The molecule has 5 heteroatoms. The molecule has 0 aliphatic rings. The molecule has 0 bridgehead atoms. The SMILES string of the molecule is c1cc(-c2cccc3c2oc2c(-n4c5ccccc5c5ccccc54)cccc23)cc(-c2cc(-n3c4ccccc4c4ccccc43)cc3c2oc2c(-n4c5ccccc5c5ccccc54)cccc23)c1. The number of hydrogen-bond acceptors (Lipinski definition) is 2. The molecule has 0 aliphatic carbocycles. The Morgan fingerprint density at radius 3 is 1.03 bits per heavy atom. The maximum atomic E-state index is 7.35. The highest BCUT2D eigenvalue weighted by Gasteiger charge is 2.24. The standard InChI is InChI=1S/C66H39N3O2/c1-7-29-55-44(19-1)45-20-2-8-30-56(45)67(55)42-38-53(64-54(39-42)52-28-16-36-62(66(52)71-64)69-59-33-11-5-23-48(59)49-24-6-12-34-60(49)69)41-18-13-17-40(37-41)43-25-14-26-50-51-27-15-35-61(65(51)70-63(43)50)68-57-31-9-3-21-46(57)47-22-4-10-32-58(47)68/h1-39H. The van der Waals surface area contributed by atoms with Gasteiger partial charge in [0.05, 0.1) is 44.5 Å². The fourth-order valence-electron chi connectivity index (χ4n) is 12.0. The Kier molecular flexibility index (Phi) is 7.82. The molecule has 0 spiro atoms. The van der Waals surface area contributed by atoms with Crippen LogP contribution in [-0.4, -0.2) is 13.7 Å². The zero-order valence-corrected chi connectivity index (χ0v) is 38.2. The van der Waals surface area contributed by atoms with Gasteiger partial charge in [-0.3, -0.25) is 0 Å². The summed E-state index contributed by atoms with van der Waals surface area (Å²) in [6, 6.07) is 85.2. The van der Waals surface area contributed by atoms with Crippen LogP contribution in [-0.2, 0) is 0 Å². The lowest BCUT2D eigenvalue weighted by atomic mass is 9.96. The van der Waals surface area contributed by atoms with Crippen LogP contribution in [0.4, 0.5) is 0 Å². The summed E-state index contributed by atoms with van der Waals surface area (Å²) in [4.78, 5) is 0. The van der Waals surface area contributed by atoms with Crippen LogP contribution >= 0.6 is 0 Å². The van der Waals surface area contributed by atoms with Crippen molar-refractivity contribution in [2.45, 2.75) is 0 Å². The monoisotopic (exact) mass is 905 g/mol. The zero-order chi connectivity index (χ0) is 46.3.